The summed E-state index contributed by atoms with van der Waals surface area (Å²) in [5.41, 5.74) is 7.96. The summed E-state index contributed by atoms with van der Waals surface area (Å²) in [6, 6.07) is 24.6. The number of carbonyl (C=O) groups is 2. The number of carbonyl (C=O) groups excluding carboxylic acids is 1. The Kier molecular flexibility index (Phi) is 6.92. The van der Waals surface area contributed by atoms with Crippen LogP contribution in [-0.2, 0) is 16.0 Å². The minimum atomic E-state index is -1.14. The van der Waals surface area contributed by atoms with E-state index < -0.39 is 18.1 Å². The Morgan fingerprint density at radius 2 is 1.55 bits per heavy atom. The van der Waals surface area contributed by atoms with Gasteiger partial charge in [-0.1, -0.05) is 60.7 Å². The number of hydrogen-bond acceptors (Lipinski definition) is 4. The van der Waals surface area contributed by atoms with Crippen molar-refractivity contribution in [2.45, 2.75) is 32.2 Å². The first kappa shape index (κ1) is 25.1. The van der Waals surface area contributed by atoms with Gasteiger partial charge in [-0.3, -0.25) is 0 Å². The maximum absolute atomic E-state index is 12.8. The van der Waals surface area contributed by atoms with E-state index in [4.69, 9.17) is 9.47 Å². The van der Waals surface area contributed by atoms with Gasteiger partial charge in [0.05, 0.1) is 12.8 Å². The lowest BCUT2D eigenvalue weighted by molar-refractivity contribution is -0.139. The number of fused-ring (bicyclic) bond motifs is 3. The number of para-hydroxylation sites is 2. The zero-order valence-corrected chi connectivity index (χ0v) is 21.6. The molecule has 1 aromatic heterocycles. The van der Waals surface area contributed by atoms with Gasteiger partial charge in [0.25, 0.3) is 0 Å². The summed E-state index contributed by atoms with van der Waals surface area (Å²) in [5.74, 6) is -0.510. The highest BCUT2D eigenvalue weighted by molar-refractivity contribution is 5.81. The smallest absolute Gasteiger partial charge is 0.407 e. The van der Waals surface area contributed by atoms with E-state index in [0.29, 0.717) is 5.75 Å². The van der Waals surface area contributed by atoms with Crippen molar-refractivity contribution < 1.29 is 24.2 Å². The molecule has 38 heavy (non-hydrogen) atoms. The molecule has 7 heteroatoms. The van der Waals surface area contributed by atoms with Crippen molar-refractivity contribution >= 4 is 12.1 Å². The molecule has 2 N–H and O–H groups in total. The highest BCUT2D eigenvalue weighted by Crippen LogP contribution is 2.44. The van der Waals surface area contributed by atoms with E-state index in [2.05, 4.69) is 17.4 Å². The second-order valence-corrected chi connectivity index (χ2v) is 9.47. The first-order chi connectivity index (χ1) is 18.4. The molecule has 3 aromatic carbocycles. The first-order valence-corrected chi connectivity index (χ1v) is 12.5. The highest BCUT2D eigenvalue weighted by atomic mass is 16.5. The predicted octanol–water partition coefficient (Wildman–Crippen LogP) is 5.64. The maximum atomic E-state index is 12.8. The van der Waals surface area contributed by atoms with Crippen LogP contribution in [0.3, 0.4) is 0 Å². The van der Waals surface area contributed by atoms with Gasteiger partial charge in [0.2, 0.25) is 0 Å². The van der Waals surface area contributed by atoms with Crippen LogP contribution in [0.5, 0.6) is 5.75 Å². The molecule has 0 spiro atoms. The van der Waals surface area contributed by atoms with Crippen LogP contribution in [0.25, 0.3) is 16.8 Å². The Labute approximate surface area is 221 Å². The van der Waals surface area contributed by atoms with Crippen molar-refractivity contribution in [1.29, 1.82) is 0 Å². The van der Waals surface area contributed by atoms with Gasteiger partial charge in [0.15, 0.2) is 0 Å². The van der Waals surface area contributed by atoms with Crippen LogP contribution in [0.2, 0.25) is 0 Å². The Morgan fingerprint density at radius 1 is 0.947 bits per heavy atom. The molecule has 0 fully saturated rings. The normalized spacial score (nSPS) is 12.9. The number of ether oxygens (including phenoxy) is 2. The summed E-state index contributed by atoms with van der Waals surface area (Å²) in [5, 5.41) is 12.5. The van der Waals surface area contributed by atoms with Crippen molar-refractivity contribution in [1.82, 2.24) is 9.88 Å². The van der Waals surface area contributed by atoms with Crippen LogP contribution in [0.4, 0.5) is 4.79 Å². The molecule has 0 radical (unpaired) electrons. The molecule has 1 heterocycles. The fourth-order valence-electron chi connectivity index (χ4n) is 5.42. The molecule has 1 aliphatic carbocycles. The molecule has 0 bridgehead atoms. The molecular weight excluding hydrogens is 480 g/mol. The Morgan fingerprint density at radius 3 is 2.18 bits per heavy atom. The van der Waals surface area contributed by atoms with Crippen LogP contribution >= 0.6 is 0 Å². The molecule has 5 rings (SSSR count). The average Bonchev–Trinajstić information content (AvgIpc) is 3.39. The molecule has 0 saturated heterocycles. The van der Waals surface area contributed by atoms with Crippen LogP contribution in [0.15, 0.2) is 78.9 Å². The fourth-order valence-corrected chi connectivity index (χ4v) is 5.42. The molecule has 1 unspecified atom stereocenters. The third kappa shape index (κ3) is 4.63. The number of nitrogens with one attached hydrogen (secondary N) is 1. The zero-order valence-electron chi connectivity index (χ0n) is 21.6. The average molecular weight is 511 g/mol. The van der Waals surface area contributed by atoms with Gasteiger partial charge in [-0.2, -0.15) is 0 Å². The summed E-state index contributed by atoms with van der Waals surface area (Å²) >= 11 is 0. The van der Waals surface area contributed by atoms with E-state index >= 15 is 0 Å². The van der Waals surface area contributed by atoms with E-state index in [0.717, 1.165) is 44.9 Å². The summed E-state index contributed by atoms with van der Waals surface area (Å²) < 4.78 is 13.1. The van der Waals surface area contributed by atoms with Crippen molar-refractivity contribution in [3.63, 3.8) is 0 Å². The standard InChI is InChI=1S/C31H30N2O5/c1-19-16-21(20(2)33(19)28-14-8-9-15-29(28)37-3)17-27(30(34)35)32-31(36)38-18-26-24-12-6-4-10-22(24)23-11-5-7-13-25(23)26/h4-16,26-27H,17-18H2,1-3H3,(H,32,36)(H,34,35). The largest absolute Gasteiger partial charge is 0.495 e. The van der Waals surface area contributed by atoms with Crippen LogP contribution in [-0.4, -0.2) is 41.5 Å². The molecule has 1 aliphatic rings. The number of methoxy groups -OCH3 is 1. The molecule has 0 saturated carbocycles. The lowest BCUT2D eigenvalue weighted by Gasteiger charge is -2.18. The molecule has 1 atom stereocenters. The number of carboxylic acids is 1. The minimum absolute atomic E-state index is 0.101. The number of hydrogen-bond donors (Lipinski definition) is 2. The van der Waals surface area contributed by atoms with Gasteiger partial charge in [-0.05, 0) is 59.9 Å². The number of carboxylic acid groups (broad SMARTS) is 1. The fraction of sp³-hybridized carbons (Fsp3) is 0.226. The third-order valence-electron chi connectivity index (χ3n) is 7.22. The Hall–Kier alpha value is -4.52. The molecular formula is C31H30N2O5. The quantitative estimate of drug-likeness (QED) is 0.320. The maximum Gasteiger partial charge on any atom is 0.407 e. The number of aliphatic carboxylic acids is 1. The summed E-state index contributed by atoms with van der Waals surface area (Å²) in [4.78, 5) is 24.9. The first-order valence-electron chi connectivity index (χ1n) is 12.5. The third-order valence-corrected chi connectivity index (χ3v) is 7.22. The van der Waals surface area contributed by atoms with E-state index in [-0.39, 0.29) is 18.9 Å². The Balaban J connectivity index is 1.30. The summed E-state index contributed by atoms with van der Waals surface area (Å²) in [6.45, 7) is 4.01. The topological polar surface area (TPSA) is 89.8 Å². The number of aromatic nitrogens is 1. The van der Waals surface area contributed by atoms with Gasteiger partial charge >= 0.3 is 12.1 Å². The SMILES string of the molecule is COc1ccccc1-n1c(C)cc(CC(NC(=O)OCC2c3ccccc3-c3ccccc32)C(=O)O)c1C. The van der Waals surface area contributed by atoms with Crippen LogP contribution in [0, 0.1) is 13.8 Å². The zero-order chi connectivity index (χ0) is 26.8. The lowest BCUT2D eigenvalue weighted by Crippen LogP contribution is -2.43. The molecule has 7 nitrogen and oxygen atoms in total. The minimum Gasteiger partial charge on any atom is -0.495 e. The number of nitrogens with zero attached hydrogens (tertiary/aromatic N) is 1. The number of rotatable bonds is 8. The number of aryl methyl sites for hydroxylation is 1. The van der Waals surface area contributed by atoms with E-state index in [9.17, 15) is 14.7 Å². The van der Waals surface area contributed by atoms with Gasteiger partial charge < -0.3 is 24.5 Å². The van der Waals surface area contributed by atoms with Gasteiger partial charge in [-0.25, -0.2) is 9.59 Å². The number of amides is 1. The van der Waals surface area contributed by atoms with Gasteiger partial charge in [-0.15, -0.1) is 0 Å². The monoisotopic (exact) mass is 510 g/mol. The Bertz CT molecular complexity index is 1460. The van der Waals surface area contributed by atoms with E-state index in [1.165, 1.54) is 0 Å². The second kappa shape index (κ2) is 10.5. The van der Waals surface area contributed by atoms with Crippen LogP contribution in [0.1, 0.15) is 34.0 Å². The van der Waals surface area contributed by atoms with Crippen molar-refractivity contribution in [3.05, 3.63) is 107 Å². The van der Waals surface area contributed by atoms with Crippen LogP contribution < -0.4 is 10.1 Å². The van der Waals surface area contributed by atoms with Crippen molar-refractivity contribution in [2.75, 3.05) is 13.7 Å². The van der Waals surface area contributed by atoms with Gasteiger partial charge in [0.1, 0.15) is 18.4 Å². The number of benzene rings is 3. The molecule has 4 aromatic rings. The highest BCUT2D eigenvalue weighted by Gasteiger charge is 2.30. The molecule has 1 amide bonds. The van der Waals surface area contributed by atoms with Crippen molar-refractivity contribution in [2.24, 2.45) is 0 Å². The predicted molar refractivity (Wildman–Crippen MR) is 145 cm³/mol. The van der Waals surface area contributed by atoms with E-state index in [1.54, 1.807) is 7.11 Å². The van der Waals surface area contributed by atoms with Gasteiger partial charge in [0, 0.05) is 23.7 Å². The summed E-state index contributed by atoms with van der Waals surface area (Å²) in [7, 11) is 1.62. The summed E-state index contributed by atoms with van der Waals surface area (Å²) in [6.07, 6.45) is -0.633. The molecule has 0 aliphatic heterocycles. The van der Waals surface area contributed by atoms with Crippen molar-refractivity contribution in [3.8, 4) is 22.6 Å². The second-order valence-electron chi connectivity index (χ2n) is 9.47. The van der Waals surface area contributed by atoms with E-state index in [1.807, 2.05) is 85.1 Å². The number of alkyl carbamates (subject to hydrolysis) is 1. The lowest BCUT2D eigenvalue weighted by atomic mass is 9.98. The molecule has 194 valence electrons.